The van der Waals surface area contributed by atoms with Crippen molar-refractivity contribution in [2.24, 2.45) is 0 Å². The number of allylic oxidation sites excluding steroid dienone is 2. The van der Waals surface area contributed by atoms with Crippen molar-refractivity contribution in [2.75, 3.05) is 6.54 Å². The largest absolute Gasteiger partial charge is 0.769 e. The van der Waals surface area contributed by atoms with Gasteiger partial charge >= 0.3 is 0 Å². The predicted molar refractivity (Wildman–Crippen MR) is 75.7 cm³/mol. The van der Waals surface area contributed by atoms with Gasteiger partial charge in [-0.2, -0.15) is 5.06 Å². The summed E-state index contributed by atoms with van der Waals surface area (Å²) in [5.74, 6) is -1.72. The number of unbranched alkanes of at least 4 members (excludes halogenated alkanes) is 1. The molecule has 0 radical (unpaired) electrons. The second-order valence-corrected chi connectivity index (χ2v) is 5.62. The summed E-state index contributed by atoms with van der Waals surface area (Å²) in [7, 11) is 0. The monoisotopic (exact) mass is 335 g/mol. The van der Waals surface area contributed by atoms with Crippen molar-refractivity contribution in [3.8, 4) is 0 Å². The summed E-state index contributed by atoms with van der Waals surface area (Å²) >= 11 is 3.64. The van der Waals surface area contributed by atoms with Crippen LogP contribution in [0.15, 0.2) is 21.7 Å². The van der Waals surface area contributed by atoms with Crippen LogP contribution in [0.1, 0.15) is 32.6 Å². The lowest BCUT2D eigenvalue weighted by Gasteiger charge is -2.23. The molecule has 1 heterocycles. The Kier molecular flexibility index (Phi) is 7.03. The average Bonchev–Trinajstić information content (AvgIpc) is 2.43. The van der Waals surface area contributed by atoms with Crippen LogP contribution in [-0.4, -0.2) is 37.4 Å². The lowest BCUT2D eigenvalue weighted by atomic mass is 10.0. The Labute approximate surface area is 129 Å². The number of hydrogen-bond donors (Lipinski definition) is 2. The highest BCUT2D eigenvalue weighted by Crippen LogP contribution is 2.26. The summed E-state index contributed by atoms with van der Waals surface area (Å²) in [6.45, 7) is 1.56. The van der Waals surface area contributed by atoms with E-state index >= 15 is 0 Å². The van der Waals surface area contributed by atoms with E-state index in [4.69, 9.17) is 11.6 Å². The molecular weight excluding hydrogens is 320 g/mol. The molecule has 1 aliphatic rings. The van der Waals surface area contributed by atoms with Crippen molar-refractivity contribution in [2.45, 2.75) is 32.6 Å². The molecular formula is C12H16ClN2O5S-. The third-order valence-corrected chi connectivity index (χ3v) is 3.69. The summed E-state index contributed by atoms with van der Waals surface area (Å²) in [6.07, 6.45) is 1.76. The molecule has 7 nitrogen and oxygen atoms in total. The first-order chi connectivity index (χ1) is 9.86. The van der Waals surface area contributed by atoms with Gasteiger partial charge in [-0.3, -0.25) is 19.0 Å². The van der Waals surface area contributed by atoms with Gasteiger partial charge in [-0.1, -0.05) is 24.9 Å². The molecule has 1 aliphatic heterocycles. The topological polar surface area (TPSA) is 110 Å². The van der Waals surface area contributed by atoms with Gasteiger partial charge in [0.1, 0.15) is 0 Å². The Morgan fingerprint density at radius 3 is 2.76 bits per heavy atom. The van der Waals surface area contributed by atoms with Crippen LogP contribution >= 0.6 is 11.6 Å². The molecule has 9 heteroatoms. The molecule has 0 bridgehead atoms. The van der Waals surface area contributed by atoms with Gasteiger partial charge in [0.05, 0.1) is 13.0 Å². The number of nitrogens with zero attached hydrogens (tertiary/aromatic N) is 1. The van der Waals surface area contributed by atoms with Crippen LogP contribution in [0.25, 0.3) is 0 Å². The molecule has 2 N–H and O–H groups in total. The van der Waals surface area contributed by atoms with Crippen LogP contribution in [-0.2, 0) is 20.7 Å². The second kappa shape index (κ2) is 8.28. The van der Waals surface area contributed by atoms with E-state index in [1.165, 1.54) is 0 Å². The highest BCUT2D eigenvalue weighted by molar-refractivity contribution is 7.82. The fourth-order valence-electron chi connectivity index (χ4n) is 1.75. The standard InChI is InChI=1S/C12H17ClN2O5S/c1-2-3-4-9(13)8-5-11(16)15(18)12(17)6-14-10(8)7-21(19)20/h7,14,18H,2-6H2,1H3,(H,19,20)/p-1/b9-8+,10-7-. The molecule has 1 unspecified atom stereocenters. The molecule has 0 aliphatic carbocycles. The van der Waals surface area contributed by atoms with Gasteiger partial charge in [0, 0.05) is 16.1 Å². The van der Waals surface area contributed by atoms with E-state index in [0.29, 0.717) is 11.5 Å². The lowest BCUT2D eigenvalue weighted by molar-refractivity contribution is -0.178. The lowest BCUT2D eigenvalue weighted by Crippen LogP contribution is -2.42. The van der Waals surface area contributed by atoms with Gasteiger partial charge in [0.2, 0.25) is 0 Å². The number of halogens is 1. The zero-order chi connectivity index (χ0) is 16.0. The van der Waals surface area contributed by atoms with E-state index in [1.807, 2.05) is 6.92 Å². The molecule has 2 amide bonds. The molecule has 0 saturated carbocycles. The molecule has 1 rings (SSSR count). The number of hydroxylamine groups is 2. The van der Waals surface area contributed by atoms with Crippen molar-refractivity contribution >= 4 is 34.5 Å². The van der Waals surface area contributed by atoms with Gasteiger partial charge in [0.15, 0.2) is 0 Å². The molecule has 1 atom stereocenters. The molecule has 21 heavy (non-hydrogen) atoms. The number of nitrogens with one attached hydrogen (secondary N) is 1. The first kappa shape index (κ1) is 17.8. The number of hydrogen-bond acceptors (Lipinski definition) is 6. The third-order valence-electron chi connectivity index (χ3n) is 2.85. The predicted octanol–water partition coefficient (Wildman–Crippen LogP) is 1.13. The highest BCUT2D eigenvalue weighted by Gasteiger charge is 2.26. The first-order valence-corrected chi connectivity index (χ1v) is 7.84. The van der Waals surface area contributed by atoms with Gasteiger partial charge < -0.3 is 9.87 Å². The summed E-state index contributed by atoms with van der Waals surface area (Å²) in [4.78, 5) is 23.2. The summed E-state index contributed by atoms with van der Waals surface area (Å²) in [5.41, 5.74) is 0.366. The molecule has 0 aromatic heterocycles. The van der Waals surface area contributed by atoms with E-state index in [-0.39, 0.29) is 22.8 Å². The zero-order valence-corrected chi connectivity index (χ0v) is 13.0. The van der Waals surface area contributed by atoms with Gasteiger partial charge in [-0.15, -0.1) is 0 Å². The SMILES string of the molecule is CCCC/C(Cl)=C1/CC(=O)N(O)C(=O)CN/C1=C\S(=O)[O-]. The normalized spacial score (nSPS) is 22.7. The molecule has 0 aromatic carbocycles. The van der Waals surface area contributed by atoms with E-state index in [1.54, 1.807) is 0 Å². The van der Waals surface area contributed by atoms with E-state index < -0.39 is 29.4 Å². The maximum Gasteiger partial charge on any atom is 0.272 e. The van der Waals surface area contributed by atoms with Crippen LogP contribution in [0.2, 0.25) is 0 Å². The zero-order valence-electron chi connectivity index (χ0n) is 11.4. The Morgan fingerprint density at radius 1 is 1.52 bits per heavy atom. The van der Waals surface area contributed by atoms with Crippen LogP contribution in [0.4, 0.5) is 0 Å². The minimum absolute atomic E-state index is 0.0158. The first-order valence-electron chi connectivity index (χ1n) is 6.33. The van der Waals surface area contributed by atoms with E-state index in [0.717, 1.165) is 18.2 Å². The fraction of sp³-hybridized carbons (Fsp3) is 0.500. The highest BCUT2D eigenvalue weighted by atomic mass is 35.5. The number of rotatable bonds is 4. The molecule has 0 spiro atoms. The van der Waals surface area contributed by atoms with Crippen molar-refractivity contribution in [3.63, 3.8) is 0 Å². The van der Waals surface area contributed by atoms with Crippen LogP contribution in [0, 0.1) is 0 Å². The van der Waals surface area contributed by atoms with Crippen molar-refractivity contribution in [1.82, 2.24) is 10.4 Å². The quantitative estimate of drug-likeness (QED) is 0.452. The molecule has 1 saturated heterocycles. The Bertz CT molecular complexity index is 518. The van der Waals surface area contributed by atoms with Crippen molar-refractivity contribution in [3.05, 3.63) is 21.7 Å². The van der Waals surface area contributed by atoms with Gasteiger partial charge in [0.25, 0.3) is 11.8 Å². The maximum atomic E-state index is 11.8. The second-order valence-electron chi connectivity index (χ2n) is 4.41. The van der Waals surface area contributed by atoms with Crippen LogP contribution < -0.4 is 5.32 Å². The number of carbonyl (C=O) groups excluding carboxylic acids is 2. The summed E-state index contributed by atoms with van der Waals surface area (Å²) < 4.78 is 21.7. The van der Waals surface area contributed by atoms with Gasteiger partial charge in [-0.05, 0) is 29.5 Å². The van der Waals surface area contributed by atoms with Crippen molar-refractivity contribution in [1.29, 1.82) is 0 Å². The van der Waals surface area contributed by atoms with Crippen LogP contribution in [0.3, 0.4) is 0 Å². The summed E-state index contributed by atoms with van der Waals surface area (Å²) in [5, 5.41) is 13.2. The smallest absolute Gasteiger partial charge is 0.272 e. The number of amides is 2. The van der Waals surface area contributed by atoms with E-state index in [9.17, 15) is 23.6 Å². The minimum Gasteiger partial charge on any atom is -0.769 e. The number of imide groups is 1. The fourth-order valence-corrected chi connectivity index (χ4v) is 2.47. The molecule has 0 aromatic rings. The minimum atomic E-state index is -2.52. The van der Waals surface area contributed by atoms with Gasteiger partial charge in [-0.25, -0.2) is 0 Å². The summed E-state index contributed by atoms with van der Waals surface area (Å²) in [6, 6.07) is 0. The molecule has 118 valence electrons. The maximum absolute atomic E-state index is 11.8. The Hall–Kier alpha value is -1.22. The average molecular weight is 336 g/mol. The van der Waals surface area contributed by atoms with E-state index in [2.05, 4.69) is 5.32 Å². The molecule has 1 fully saturated rings. The number of carbonyl (C=O) groups is 2. The third kappa shape index (κ3) is 5.24. The van der Waals surface area contributed by atoms with Crippen molar-refractivity contribution < 1.29 is 23.6 Å². The van der Waals surface area contributed by atoms with Crippen LogP contribution in [0.5, 0.6) is 0 Å². The Morgan fingerprint density at radius 2 is 2.19 bits per heavy atom. The Balaban J connectivity index is 3.19.